The summed E-state index contributed by atoms with van der Waals surface area (Å²) in [7, 11) is 1.66. The number of hydrogen-bond donors (Lipinski definition) is 0. The van der Waals surface area contributed by atoms with Gasteiger partial charge < -0.3 is 9.47 Å². The van der Waals surface area contributed by atoms with E-state index in [1.807, 2.05) is 24.4 Å². The first kappa shape index (κ1) is 19.0. The molecule has 0 amide bonds. The summed E-state index contributed by atoms with van der Waals surface area (Å²) < 4.78 is 11.3. The fourth-order valence-corrected chi connectivity index (χ4v) is 2.60. The Morgan fingerprint density at radius 1 is 1.04 bits per heavy atom. The Kier molecular flexibility index (Phi) is 6.63. The maximum atomic E-state index is 5.81. The van der Waals surface area contributed by atoms with Gasteiger partial charge in [0.15, 0.2) is 11.5 Å². The van der Waals surface area contributed by atoms with Gasteiger partial charge in [0.2, 0.25) is 0 Å². The van der Waals surface area contributed by atoms with Crippen molar-refractivity contribution in [3.63, 3.8) is 0 Å². The largest absolute Gasteiger partial charge is 0.493 e. The van der Waals surface area contributed by atoms with Crippen LogP contribution in [0.1, 0.15) is 50.3 Å². The molecule has 3 nitrogen and oxygen atoms in total. The van der Waals surface area contributed by atoms with Gasteiger partial charge in [0.05, 0.1) is 19.4 Å². The molecule has 0 aromatic heterocycles. The molecule has 0 aliphatic carbocycles. The SMILES string of the molecule is COc1cc(C=Nc2c(C)cccc2C(C)C)ccc1OCC(C)C. The molecule has 25 heavy (non-hydrogen) atoms. The molecule has 0 saturated heterocycles. The molecule has 0 bridgehead atoms. The first-order chi connectivity index (χ1) is 11.9. The molecule has 0 radical (unpaired) electrons. The molecule has 0 heterocycles. The van der Waals surface area contributed by atoms with Crippen LogP contribution in [-0.2, 0) is 0 Å². The van der Waals surface area contributed by atoms with Crippen LogP contribution in [0.2, 0.25) is 0 Å². The number of para-hydroxylation sites is 1. The van der Waals surface area contributed by atoms with Crippen LogP contribution in [0.3, 0.4) is 0 Å². The van der Waals surface area contributed by atoms with E-state index in [4.69, 9.17) is 14.5 Å². The fourth-order valence-electron chi connectivity index (χ4n) is 2.60. The molecule has 0 spiro atoms. The molecule has 3 heteroatoms. The number of rotatable bonds is 7. The number of nitrogens with zero attached hydrogens (tertiary/aromatic N) is 1. The highest BCUT2D eigenvalue weighted by molar-refractivity contribution is 5.84. The van der Waals surface area contributed by atoms with E-state index >= 15 is 0 Å². The molecular weight excluding hydrogens is 310 g/mol. The summed E-state index contributed by atoms with van der Waals surface area (Å²) in [5.41, 5.74) is 4.50. The lowest BCUT2D eigenvalue weighted by molar-refractivity contribution is 0.257. The molecule has 134 valence electrons. The third-order valence-electron chi connectivity index (χ3n) is 3.99. The summed E-state index contributed by atoms with van der Waals surface area (Å²) >= 11 is 0. The molecule has 0 unspecified atom stereocenters. The molecule has 2 rings (SSSR count). The van der Waals surface area contributed by atoms with E-state index in [0.29, 0.717) is 18.4 Å². The van der Waals surface area contributed by atoms with E-state index in [9.17, 15) is 0 Å². The first-order valence-electron chi connectivity index (χ1n) is 8.86. The number of methoxy groups -OCH3 is 1. The number of hydrogen-bond acceptors (Lipinski definition) is 3. The highest BCUT2D eigenvalue weighted by Gasteiger charge is 2.09. The Bertz CT molecular complexity index is 733. The van der Waals surface area contributed by atoms with Crippen molar-refractivity contribution in [2.24, 2.45) is 10.9 Å². The Morgan fingerprint density at radius 3 is 2.44 bits per heavy atom. The van der Waals surface area contributed by atoms with Crippen LogP contribution in [0, 0.1) is 12.8 Å². The van der Waals surface area contributed by atoms with Crippen molar-refractivity contribution in [1.82, 2.24) is 0 Å². The van der Waals surface area contributed by atoms with E-state index < -0.39 is 0 Å². The standard InChI is InChI=1S/C22H29NO2/c1-15(2)14-25-20-11-10-18(12-21(20)24-6)13-23-22-17(5)8-7-9-19(22)16(3)4/h7-13,15-16H,14H2,1-6H3. The molecule has 0 N–H and O–H groups in total. The van der Waals surface area contributed by atoms with Gasteiger partial charge in [-0.05, 0) is 53.6 Å². The molecule has 0 aliphatic heterocycles. The van der Waals surface area contributed by atoms with Gasteiger partial charge in [0.1, 0.15) is 0 Å². The van der Waals surface area contributed by atoms with Crippen molar-refractivity contribution in [2.75, 3.05) is 13.7 Å². The first-order valence-corrected chi connectivity index (χ1v) is 8.86. The second-order valence-electron chi connectivity index (χ2n) is 7.04. The number of benzene rings is 2. The van der Waals surface area contributed by atoms with E-state index in [1.165, 1.54) is 11.1 Å². The maximum Gasteiger partial charge on any atom is 0.161 e. The topological polar surface area (TPSA) is 30.8 Å². The van der Waals surface area contributed by atoms with E-state index in [-0.39, 0.29) is 0 Å². The van der Waals surface area contributed by atoms with E-state index in [1.54, 1.807) is 7.11 Å². The van der Waals surface area contributed by atoms with Gasteiger partial charge in [-0.2, -0.15) is 0 Å². The molecule has 0 fully saturated rings. The lowest BCUT2D eigenvalue weighted by Crippen LogP contribution is -2.05. The molecule has 0 atom stereocenters. The summed E-state index contributed by atoms with van der Waals surface area (Å²) in [6.07, 6.45) is 1.89. The molecule has 0 saturated carbocycles. The lowest BCUT2D eigenvalue weighted by Gasteiger charge is -2.13. The van der Waals surface area contributed by atoms with Gasteiger partial charge in [-0.1, -0.05) is 45.9 Å². The van der Waals surface area contributed by atoms with Crippen LogP contribution >= 0.6 is 0 Å². The van der Waals surface area contributed by atoms with Crippen molar-refractivity contribution >= 4 is 11.9 Å². The van der Waals surface area contributed by atoms with Crippen LogP contribution in [0.5, 0.6) is 11.5 Å². The normalized spacial score (nSPS) is 11.5. The van der Waals surface area contributed by atoms with Crippen molar-refractivity contribution in [3.05, 3.63) is 53.1 Å². The zero-order valence-corrected chi connectivity index (χ0v) is 16.2. The Balaban J connectivity index is 2.27. The quantitative estimate of drug-likeness (QED) is 0.587. The third kappa shape index (κ3) is 5.09. The van der Waals surface area contributed by atoms with Crippen molar-refractivity contribution < 1.29 is 9.47 Å². The third-order valence-corrected chi connectivity index (χ3v) is 3.99. The summed E-state index contributed by atoms with van der Waals surface area (Å²) in [4.78, 5) is 4.76. The van der Waals surface area contributed by atoms with E-state index in [2.05, 4.69) is 52.8 Å². The Hall–Kier alpha value is -2.29. The summed E-state index contributed by atoms with van der Waals surface area (Å²) in [5, 5.41) is 0. The van der Waals surface area contributed by atoms with Gasteiger partial charge in [0, 0.05) is 6.21 Å². The van der Waals surface area contributed by atoms with Gasteiger partial charge in [-0.25, -0.2) is 0 Å². The highest BCUT2D eigenvalue weighted by Crippen LogP contribution is 2.31. The number of aliphatic imine (C=N–C) groups is 1. The van der Waals surface area contributed by atoms with Crippen LogP contribution in [0.4, 0.5) is 5.69 Å². The van der Waals surface area contributed by atoms with Gasteiger partial charge >= 0.3 is 0 Å². The second-order valence-corrected chi connectivity index (χ2v) is 7.04. The Labute approximate surface area is 151 Å². The molecule has 2 aromatic rings. The Morgan fingerprint density at radius 2 is 1.80 bits per heavy atom. The second kappa shape index (κ2) is 8.70. The number of ether oxygens (including phenoxy) is 2. The predicted octanol–water partition coefficient (Wildman–Crippen LogP) is 5.91. The number of aryl methyl sites for hydroxylation is 1. The minimum absolute atomic E-state index is 0.438. The smallest absolute Gasteiger partial charge is 0.161 e. The minimum atomic E-state index is 0.438. The fraction of sp³-hybridized carbons (Fsp3) is 0.409. The van der Waals surface area contributed by atoms with Gasteiger partial charge in [-0.15, -0.1) is 0 Å². The summed E-state index contributed by atoms with van der Waals surface area (Å²) in [6.45, 7) is 11.4. The molecule has 0 aliphatic rings. The maximum absolute atomic E-state index is 5.81. The van der Waals surface area contributed by atoms with E-state index in [0.717, 1.165) is 22.7 Å². The summed E-state index contributed by atoms with van der Waals surface area (Å²) in [5.74, 6) is 2.42. The van der Waals surface area contributed by atoms with Crippen molar-refractivity contribution in [3.8, 4) is 11.5 Å². The van der Waals surface area contributed by atoms with Crippen LogP contribution < -0.4 is 9.47 Å². The average molecular weight is 339 g/mol. The minimum Gasteiger partial charge on any atom is -0.493 e. The predicted molar refractivity (Wildman–Crippen MR) is 106 cm³/mol. The zero-order chi connectivity index (χ0) is 18.4. The van der Waals surface area contributed by atoms with Crippen LogP contribution in [0.25, 0.3) is 0 Å². The van der Waals surface area contributed by atoms with Gasteiger partial charge in [0.25, 0.3) is 0 Å². The average Bonchev–Trinajstić information content (AvgIpc) is 2.58. The highest BCUT2D eigenvalue weighted by atomic mass is 16.5. The van der Waals surface area contributed by atoms with Gasteiger partial charge in [-0.3, -0.25) is 4.99 Å². The molecular formula is C22H29NO2. The zero-order valence-electron chi connectivity index (χ0n) is 16.2. The van der Waals surface area contributed by atoms with Crippen LogP contribution in [-0.4, -0.2) is 19.9 Å². The van der Waals surface area contributed by atoms with Crippen molar-refractivity contribution in [2.45, 2.75) is 40.5 Å². The summed E-state index contributed by atoms with van der Waals surface area (Å²) in [6, 6.07) is 12.3. The van der Waals surface area contributed by atoms with Crippen molar-refractivity contribution in [1.29, 1.82) is 0 Å². The molecule has 2 aromatic carbocycles. The van der Waals surface area contributed by atoms with Crippen LogP contribution in [0.15, 0.2) is 41.4 Å². The lowest BCUT2D eigenvalue weighted by atomic mass is 9.98. The monoisotopic (exact) mass is 339 g/mol.